The molecular formula is C18H24N2O3. The third-order valence-electron chi connectivity index (χ3n) is 5.02. The highest BCUT2D eigenvalue weighted by Gasteiger charge is 2.38. The number of anilines is 1. The molecule has 1 atom stereocenters. The van der Waals surface area contributed by atoms with Crippen molar-refractivity contribution in [3.63, 3.8) is 0 Å². The molecule has 0 N–H and O–H groups in total. The first-order chi connectivity index (χ1) is 11.1. The van der Waals surface area contributed by atoms with Crippen LogP contribution < -0.4 is 9.64 Å². The van der Waals surface area contributed by atoms with E-state index in [1.54, 1.807) is 16.9 Å². The summed E-state index contributed by atoms with van der Waals surface area (Å²) in [7, 11) is 1.60. The Kier molecular flexibility index (Phi) is 4.55. The van der Waals surface area contributed by atoms with Crippen molar-refractivity contribution in [1.82, 2.24) is 4.90 Å². The van der Waals surface area contributed by atoms with Crippen LogP contribution in [0.2, 0.25) is 0 Å². The highest BCUT2D eigenvalue weighted by Crippen LogP contribution is 2.32. The number of hydrogen-bond donors (Lipinski definition) is 0. The van der Waals surface area contributed by atoms with E-state index in [0.29, 0.717) is 18.8 Å². The molecule has 5 heteroatoms. The fraction of sp³-hybridized carbons (Fsp3) is 0.556. The highest BCUT2D eigenvalue weighted by atomic mass is 16.5. The molecule has 1 heterocycles. The van der Waals surface area contributed by atoms with Gasteiger partial charge in [-0.3, -0.25) is 9.59 Å². The predicted molar refractivity (Wildman–Crippen MR) is 88.5 cm³/mol. The van der Waals surface area contributed by atoms with Gasteiger partial charge in [-0.05, 0) is 31.9 Å². The molecule has 1 aliphatic heterocycles. The highest BCUT2D eigenvalue weighted by molar-refractivity contribution is 6.01. The molecule has 0 radical (unpaired) electrons. The molecule has 0 bridgehead atoms. The molecule has 23 heavy (non-hydrogen) atoms. The average Bonchev–Trinajstić information content (AvgIpc) is 3.11. The van der Waals surface area contributed by atoms with Gasteiger partial charge in [0.2, 0.25) is 11.8 Å². The lowest BCUT2D eigenvalue weighted by molar-refractivity contribution is -0.143. The minimum absolute atomic E-state index is 0.0351. The summed E-state index contributed by atoms with van der Waals surface area (Å²) in [5.41, 5.74) is 0.778. The van der Waals surface area contributed by atoms with E-state index in [9.17, 15) is 9.59 Å². The molecule has 2 aliphatic rings. The number of rotatable bonds is 3. The van der Waals surface area contributed by atoms with E-state index >= 15 is 0 Å². The first kappa shape index (κ1) is 15.8. The molecule has 2 amide bonds. The quantitative estimate of drug-likeness (QED) is 0.860. The van der Waals surface area contributed by atoms with Crippen LogP contribution in [0.15, 0.2) is 24.3 Å². The molecule has 1 unspecified atom stereocenters. The van der Waals surface area contributed by atoms with Crippen LogP contribution in [-0.2, 0) is 9.59 Å². The Morgan fingerprint density at radius 3 is 2.57 bits per heavy atom. The normalized spacial score (nSPS) is 22.5. The molecule has 1 aromatic carbocycles. The Morgan fingerprint density at radius 1 is 1.17 bits per heavy atom. The molecule has 1 saturated heterocycles. The van der Waals surface area contributed by atoms with Crippen LogP contribution in [0.1, 0.15) is 32.6 Å². The number of methoxy groups -OCH3 is 1. The van der Waals surface area contributed by atoms with Gasteiger partial charge in [-0.2, -0.15) is 0 Å². The third kappa shape index (κ3) is 2.92. The second-order valence-corrected chi connectivity index (χ2v) is 6.35. The van der Waals surface area contributed by atoms with E-state index in [-0.39, 0.29) is 17.7 Å². The largest absolute Gasteiger partial charge is 0.495 e. The number of benzene rings is 1. The van der Waals surface area contributed by atoms with Crippen molar-refractivity contribution in [3.8, 4) is 5.75 Å². The maximum Gasteiger partial charge on any atom is 0.249 e. The fourth-order valence-corrected chi connectivity index (χ4v) is 3.67. The second kappa shape index (κ2) is 6.60. The number of ether oxygens (including phenoxy) is 1. The lowest BCUT2D eigenvalue weighted by atomic mass is 10.0. The Labute approximate surface area is 137 Å². The maximum absolute atomic E-state index is 12.8. The number of carbonyl (C=O) groups is 2. The predicted octanol–water partition coefficient (Wildman–Crippen LogP) is 2.45. The molecule has 124 valence electrons. The van der Waals surface area contributed by atoms with E-state index in [4.69, 9.17) is 4.74 Å². The second-order valence-electron chi connectivity index (χ2n) is 6.35. The standard InChI is InChI=1S/C18H24N2O3/c1-13-17(21)20(15-9-5-6-10-16(15)23-2)12-11-19(13)18(22)14-7-3-4-8-14/h5-6,9-10,13-14H,3-4,7-8,11-12H2,1-2H3. The van der Waals surface area contributed by atoms with Gasteiger partial charge in [0.1, 0.15) is 11.8 Å². The van der Waals surface area contributed by atoms with Gasteiger partial charge in [0.15, 0.2) is 0 Å². The molecule has 0 spiro atoms. The summed E-state index contributed by atoms with van der Waals surface area (Å²) >= 11 is 0. The monoisotopic (exact) mass is 316 g/mol. The first-order valence-electron chi connectivity index (χ1n) is 8.38. The Hall–Kier alpha value is -2.04. The Bertz CT molecular complexity index is 596. The van der Waals surface area contributed by atoms with Gasteiger partial charge in [0.05, 0.1) is 12.8 Å². The molecule has 3 rings (SSSR count). The fourth-order valence-electron chi connectivity index (χ4n) is 3.67. The van der Waals surface area contributed by atoms with Gasteiger partial charge < -0.3 is 14.5 Å². The number of amides is 2. The number of carbonyl (C=O) groups excluding carboxylic acids is 2. The zero-order chi connectivity index (χ0) is 16.4. The minimum Gasteiger partial charge on any atom is -0.495 e. The van der Waals surface area contributed by atoms with Crippen molar-refractivity contribution in [2.45, 2.75) is 38.6 Å². The van der Waals surface area contributed by atoms with Gasteiger partial charge in [0, 0.05) is 19.0 Å². The van der Waals surface area contributed by atoms with E-state index < -0.39 is 6.04 Å². The summed E-state index contributed by atoms with van der Waals surface area (Å²) in [6.45, 7) is 2.93. The molecule has 1 saturated carbocycles. The van der Waals surface area contributed by atoms with Crippen LogP contribution in [-0.4, -0.2) is 43.0 Å². The minimum atomic E-state index is -0.415. The number of para-hydroxylation sites is 2. The van der Waals surface area contributed by atoms with Crippen molar-refractivity contribution in [1.29, 1.82) is 0 Å². The van der Waals surface area contributed by atoms with Crippen molar-refractivity contribution >= 4 is 17.5 Å². The number of hydrogen-bond acceptors (Lipinski definition) is 3. The summed E-state index contributed by atoms with van der Waals surface area (Å²) in [6, 6.07) is 7.10. The zero-order valence-corrected chi connectivity index (χ0v) is 13.8. The topological polar surface area (TPSA) is 49.9 Å². The van der Waals surface area contributed by atoms with Gasteiger partial charge in [-0.25, -0.2) is 0 Å². The average molecular weight is 316 g/mol. The van der Waals surface area contributed by atoms with E-state index in [0.717, 1.165) is 31.4 Å². The SMILES string of the molecule is COc1ccccc1N1CCN(C(=O)C2CCCC2)C(C)C1=O. The van der Waals surface area contributed by atoms with E-state index in [1.165, 1.54) is 0 Å². The van der Waals surface area contributed by atoms with Crippen molar-refractivity contribution in [2.75, 3.05) is 25.1 Å². The van der Waals surface area contributed by atoms with Crippen molar-refractivity contribution < 1.29 is 14.3 Å². The van der Waals surface area contributed by atoms with E-state index in [2.05, 4.69) is 0 Å². The van der Waals surface area contributed by atoms with Crippen LogP contribution in [0.5, 0.6) is 5.75 Å². The van der Waals surface area contributed by atoms with Crippen LogP contribution in [0.3, 0.4) is 0 Å². The molecule has 2 fully saturated rings. The van der Waals surface area contributed by atoms with E-state index in [1.807, 2.05) is 31.2 Å². The number of piperazine rings is 1. The first-order valence-corrected chi connectivity index (χ1v) is 8.38. The van der Waals surface area contributed by atoms with Crippen molar-refractivity contribution in [3.05, 3.63) is 24.3 Å². The van der Waals surface area contributed by atoms with Gasteiger partial charge in [-0.15, -0.1) is 0 Å². The molecule has 1 aromatic rings. The summed E-state index contributed by atoms with van der Waals surface area (Å²) in [5.74, 6) is 0.918. The van der Waals surface area contributed by atoms with Crippen LogP contribution in [0.4, 0.5) is 5.69 Å². The molecule has 1 aliphatic carbocycles. The molecule has 0 aromatic heterocycles. The lowest BCUT2D eigenvalue weighted by Gasteiger charge is -2.40. The zero-order valence-electron chi connectivity index (χ0n) is 13.8. The van der Waals surface area contributed by atoms with Crippen molar-refractivity contribution in [2.24, 2.45) is 5.92 Å². The van der Waals surface area contributed by atoms with Gasteiger partial charge in [0.25, 0.3) is 0 Å². The van der Waals surface area contributed by atoms with Crippen LogP contribution >= 0.6 is 0 Å². The van der Waals surface area contributed by atoms with Gasteiger partial charge >= 0.3 is 0 Å². The smallest absolute Gasteiger partial charge is 0.249 e. The van der Waals surface area contributed by atoms with Crippen LogP contribution in [0.25, 0.3) is 0 Å². The summed E-state index contributed by atoms with van der Waals surface area (Å²) in [6.07, 6.45) is 4.18. The summed E-state index contributed by atoms with van der Waals surface area (Å²) < 4.78 is 5.36. The summed E-state index contributed by atoms with van der Waals surface area (Å²) in [4.78, 5) is 29.0. The lowest BCUT2D eigenvalue weighted by Crippen LogP contribution is -2.58. The Morgan fingerprint density at radius 2 is 1.87 bits per heavy atom. The third-order valence-corrected chi connectivity index (χ3v) is 5.02. The van der Waals surface area contributed by atoms with Gasteiger partial charge in [-0.1, -0.05) is 25.0 Å². The molecular weight excluding hydrogens is 292 g/mol. The molecule has 5 nitrogen and oxygen atoms in total. The van der Waals surface area contributed by atoms with Crippen LogP contribution in [0, 0.1) is 5.92 Å². The summed E-state index contributed by atoms with van der Waals surface area (Å²) in [5, 5.41) is 0. The maximum atomic E-state index is 12.8. The Balaban J connectivity index is 1.77. The number of nitrogens with zero attached hydrogens (tertiary/aromatic N) is 2.